The van der Waals surface area contributed by atoms with Gasteiger partial charge in [0.05, 0.1) is 11.1 Å². The van der Waals surface area contributed by atoms with Crippen LogP contribution in [-0.2, 0) is 13.4 Å². The lowest BCUT2D eigenvalue weighted by Crippen LogP contribution is -2.30. The number of hydrogen-bond acceptors (Lipinski definition) is 1. The summed E-state index contributed by atoms with van der Waals surface area (Å²) in [4.78, 5) is 0. The molecule has 0 aliphatic heterocycles. The normalized spacial score (nSPS) is 22.6. The van der Waals surface area contributed by atoms with Crippen LogP contribution in [0.2, 0.25) is 0 Å². The van der Waals surface area contributed by atoms with Gasteiger partial charge in [0.1, 0.15) is 24.0 Å². The Kier molecular flexibility index (Phi) is 4.68. The molecule has 186 valence electrons. The Balaban J connectivity index is 1.51. The van der Waals surface area contributed by atoms with E-state index >= 15 is 4.39 Å². The summed E-state index contributed by atoms with van der Waals surface area (Å²) < 4.78 is 52.4. The Labute approximate surface area is 222 Å². The van der Waals surface area contributed by atoms with E-state index in [1.165, 1.54) is 12.5 Å². The molecule has 3 aromatic carbocycles. The zero-order chi connectivity index (χ0) is 27.8. The van der Waals surface area contributed by atoms with E-state index in [4.69, 9.17) is 7.16 Å². The maximum atomic E-state index is 15.9. The van der Waals surface area contributed by atoms with Gasteiger partial charge in [-0.15, -0.1) is 0 Å². The van der Waals surface area contributed by atoms with Crippen molar-refractivity contribution in [3.05, 3.63) is 89.4 Å². The molecule has 5 aromatic rings. The molecule has 1 atom stereocenters. The molecule has 0 spiro atoms. The van der Waals surface area contributed by atoms with E-state index in [1.807, 2.05) is 61.1 Å². The van der Waals surface area contributed by atoms with Crippen molar-refractivity contribution in [3.8, 4) is 22.4 Å². The Hall–Kier alpha value is -3.46. The standard InChI is InChI=1S/C34H33FNO/c1-21-14-15-27-28-18-19-29(35)32(34(28)37-33(27)31(21)30-13-6-7-20-36(30)2)26-12-8-11-24-23(16-17-25(24)26)22-9-4-3-5-10-22/h6-8,11-15,18-20,22-23H,3-5,9-10,16-17H2,1-2H3/q+1/i17D2,23D. The van der Waals surface area contributed by atoms with Crippen LogP contribution in [-0.4, -0.2) is 0 Å². The van der Waals surface area contributed by atoms with E-state index in [2.05, 4.69) is 6.07 Å². The second kappa shape index (κ2) is 8.83. The molecule has 0 N–H and O–H groups in total. The molecule has 2 heterocycles. The highest BCUT2D eigenvalue weighted by Gasteiger charge is 2.33. The van der Waals surface area contributed by atoms with Crippen molar-refractivity contribution in [2.24, 2.45) is 13.0 Å². The van der Waals surface area contributed by atoms with Crippen LogP contribution >= 0.6 is 0 Å². The summed E-state index contributed by atoms with van der Waals surface area (Å²) in [6.07, 6.45) is 5.57. The van der Waals surface area contributed by atoms with E-state index in [9.17, 15) is 1.37 Å². The highest BCUT2D eigenvalue weighted by Crippen LogP contribution is 2.49. The summed E-state index contributed by atoms with van der Waals surface area (Å²) in [5, 5.41) is 1.69. The Bertz CT molecular complexity index is 1800. The van der Waals surface area contributed by atoms with Gasteiger partial charge >= 0.3 is 0 Å². The molecular weight excluding hydrogens is 457 g/mol. The first kappa shape index (κ1) is 19.6. The average molecular weight is 494 g/mol. The first-order valence-electron chi connectivity index (χ1n) is 14.9. The van der Waals surface area contributed by atoms with E-state index in [1.54, 1.807) is 12.1 Å². The van der Waals surface area contributed by atoms with Crippen molar-refractivity contribution < 1.29 is 17.5 Å². The maximum absolute atomic E-state index is 15.9. The van der Waals surface area contributed by atoms with Crippen molar-refractivity contribution in [3.63, 3.8) is 0 Å². The van der Waals surface area contributed by atoms with Crippen molar-refractivity contribution >= 4 is 21.9 Å². The van der Waals surface area contributed by atoms with E-state index in [0.717, 1.165) is 53.3 Å². The van der Waals surface area contributed by atoms with Crippen LogP contribution in [0, 0.1) is 18.7 Å². The SMILES string of the molecule is [2H]C1([2H])CC([2H])(C2CCCCC2)c2cccc(-c3c(F)ccc4c3oc3c(-c5cccc[n+]5C)c(C)ccc34)c21. The number of furan rings is 1. The molecule has 0 saturated heterocycles. The van der Waals surface area contributed by atoms with Gasteiger partial charge in [-0.2, -0.15) is 0 Å². The van der Waals surface area contributed by atoms with Gasteiger partial charge in [-0.3, -0.25) is 0 Å². The molecule has 2 aliphatic rings. The van der Waals surface area contributed by atoms with Gasteiger partial charge in [0.15, 0.2) is 6.20 Å². The average Bonchev–Trinajstić information content (AvgIpc) is 3.42. The smallest absolute Gasteiger partial charge is 0.216 e. The van der Waals surface area contributed by atoms with Crippen molar-refractivity contribution in [1.29, 1.82) is 0 Å². The minimum absolute atomic E-state index is 0.0998. The molecule has 2 nitrogen and oxygen atoms in total. The van der Waals surface area contributed by atoms with Crippen LogP contribution in [0.15, 0.2) is 71.3 Å². The van der Waals surface area contributed by atoms with E-state index < -0.39 is 18.1 Å². The summed E-state index contributed by atoms with van der Waals surface area (Å²) in [5.41, 5.74) is 6.06. The van der Waals surface area contributed by atoms with Crippen LogP contribution < -0.4 is 4.57 Å². The lowest BCUT2D eigenvalue weighted by atomic mass is 9.77. The van der Waals surface area contributed by atoms with E-state index in [0.29, 0.717) is 27.9 Å². The highest BCUT2D eigenvalue weighted by atomic mass is 19.1. The molecule has 0 amide bonds. The summed E-state index contributed by atoms with van der Waals surface area (Å²) in [7, 11) is 2.00. The van der Waals surface area contributed by atoms with Gasteiger partial charge in [-0.1, -0.05) is 49.6 Å². The van der Waals surface area contributed by atoms with Crippen LogP contribution in [0.5, 0.6) is 0 Å². The quantitative estimate of drug-likeness (QED) is 0.230. The number of fused-ring (bicyclic) bond motifs is 4. The number of nitrogens with zero attached hydrogens (tertiary/aromatic N) is 1. The van der Waals surface area contributed by atoms with Crippen LogP contribution in [0.1, 0.15) is 65.2 Å². The second-order valence-corrected chi connectivity index (χ2v) is 10.7. The molecule has 0 radical (unpaired) electrons. The summed E-state index contributed by atoms with van der Waals surface area (Å²) >= 11 is 0. The summed E-state index contributed by atoms with van der Waals surface area (Å²) in [6, 6.07) is 18.9. The Morgan fingerprint density at radius 3 is 2.49 bits per heavy atom. The molecular formula is C34H33FNO+. The maximum Gasteiger partial charge on any atom is 0.216 e. The van der Waals surface area contributed by atoms with Crippen LogP contribution in [0.4, 0.5) is 4.39 Å². The number of rotatable bonds is 3. The largest absolute Gasteiger partial charge is 0.454 e. The fraction of sp³-hybridized carbons (Fsp3) is 0.324. The number of pyridine rings is 1. The van der Waals surface area contributed by atoms with Gasteiger partial charge in [0, 0.05) is 27.0 Å². The van der Waals surface area contributed by atoms with E-state index in [-0.39, 0.29) is 17.9 Å². The first-order valence-corrected chi connectivity index (χ1v) is 13.4. The van der Waals surface area contributed by atoms with Crippen molar-refractivity contribution in [2.75, 3.05) is 0 Å². The third kappa shape index (κ3) is 3.54. The molecule has 2 aromatic heterocycles. The number of aryl methyl sites for hydroxylation is 2. The minimum Gasteiger partial charge on any atom is -0.454 e. The van der Waals surface area contributed by atoms with Crippen LogP contribution in [0.25, 0.3) is 44.3 Å². The molecule has 2 aliphatic carbocycles. The topological polar surface area (TPSA) is 17.0 Å². The number of aromatic nitrogens is 1. The molecule has 7 rings (SSSR count). The van der Waals surface area contributed by atoms with Crippen molar-refractivity contribution in [1.82, 2.24) is 0 Å². The Morgan fingerprint density at radius 1 is 0.892 bits per heavy atom. The monoisotopic (exact) mass is 493 g/mol. The predicted molar refractivity (Wildman–Crippen MR) is 148 cm³/mol. The molecule has 1 unspecified atom stereocenters. The lowest BCUT2D eigenvalue weighted by molar-refractivity contribution is -0.660. The molecule has 37 heavy (non-hydrogen) atoms. The fourth-order valence-electron chi connectivity index (χ4n) is 6.64. The molecule has 3 heteroatoms. The van der Waals surface area contributed by atoms with Crippen LogP contribution in [0.3, 0.4) is 0 Å². The summed E-state index contributed by atoms with van der Waals surface area (Å²) in [6.45, 7) is 2.05. The van der Waals surface area contributed by atoms with Gasteiger partial charge in [0.25, 0.3) is 0 Å². The minimum atomic E-state index is -1.74. The van der Waals surface area contributed by atoms with Gasteiger partial charge < -0.3 is 4.42 Å². The molecule has 0 bridgehead atoms. The van der Waals surface area contributed by atoms with Gasteiger partial charge in [-0.05, 0) is 84.8 Å². The van der Waals surface area contributed by atoms with Gasteiger partial charge in [-0.25, -0.2) is 8.96 Å². The fourth-order valence-corrected chi connectivity index (χ4v) is 6.64. The lowest BCUT2D eigenvalue weighted by Gasteiger charge is -2.28. The zero-order valence-corrected chi connectivity index (χ0v) is 21.4. The molecule has 1 fully saturated rings. The Morgan fingerprint density at radius 2 is 1.68 bits per heavy atom. The third-order valence-electron chi connectivity index (χ3n) is 8.51. The predicted octanol–water partition coefficient (Wildman–Crippen LogP) is 8.80. The second-order valence-electron chi connectivity index (χ2n) is 10.7. The molecule has 1 saturated carbocycles. The number of halogens is 1. The number of benzene rings is 3. The summed E-state index contributed by atoms with van der Waals surface area (Å²) in [5.74, 6) is -1.35. The van der Waals surface area contributed by atoms with Gasteiger partial charge in [0.2, 0.25) is 5.69 Å². The first-order chi connectivity index (χ1) is 19.2. The zero-order valence-electron chi connectivity index (χ0n) is 24.4. The third-order valence-corrected chi connectivity index (χ3v) is 8.51. The van der Waals surface area contributed by atoms with Crippen molar-refractivity contribution in [2.45, 2.75) is 57.7 Å². The highest BCUT2D eigenvalue weighted by molar-refractivity contribution is 6.13. The number of hydrogen-bond donors (Lipinski definition) is 0.